The van der Waals surface area contributed by atoms with Gasteiger partial charge in [0.25, 0.3) is 0 Å². The molecule has 0 aliphatic carbocycles. The van der Waals surface area contributed by atoms with Crippen molar-refractivity contribution in [3.63, 3.8) is 0 Å². The van der Waals surface area contributed by atoms with E-state index in [4.69, 9.17) is 14.5 Å². The molecule has 2 aromatic heterocycles. The maximum absolute atomic E-state index is 9.29. The smallest absolute Gasteiger partial charge is 0.192 e. The average Bonchev–Trinajstić information content (AvgIpc) is 3.20. The lowest BCUT2D eigenvalue weighted by molar-refractivity contribution is 0.122. The third-order valence-electron chi connectivity index (χ3n) is 4.76. The molecule has 1 saturated heterocycles. The number of imidazole rings is 1. The van der Waals surface area contributed by atoms with E-state index in [1.54, 1.807) is 7.11 Å². The van der Waals surface area contributed by atoms with E-state index in [-0.39, 0.29) is 0 Å². The van der Waals surface area contributed by atoms with Crippen molar-refractivity contribution in [2.45, 2.75) is 24.3 Å². The predicted octanol–water partition coefficient (Wildman–Crippen LogP) is 2.92. The molecule has 1 fully saturated rings. The molecule has 0 radical (unpaired) electrons. The van der Waals surface area contributed by atoms with Crippen LogP contribution in [0.5, 0.6) is 5.75 Å². The number of nitrogens with one attached hydrogen (secondary N) is 1. The van der Waals surface area contributed by atoms with Crippen molar-refractivity contribution in [3.8, 4) is 11.8 Å². The molecule has 3 aromatic rings. The van der Waals surface area contributed by atoms with Gasteiger partial charge in [-0.2, -0.15) is 5.26 Å². The molecular weight excluding hydrogens is 388 g/mol. The Morgan fingerprint density at radius 2 is 2.10 bits per heavy atom. The summed E-state index contributed by atoms with van der Waals surface area (Å²) in [6.45, 7) is 5.02. The van der Waals surface area contributed by atoms with Gasteiger partial charge in [0, 0.05) is 25.3 Å². The van der Waals surface area contributed by atoms with Crippen molar-refractivity contribution in [1.82, 2.24) is 19.9 Å². The molecule has 3 heterocycles. The quantitative estimate of drug-likeness (QED) is 0.489. The van der Waals surface area contributed by atoms with Gasteiger partial charge in [-0.05, 0) is 17.7 Å². The number of hydrogen-bond acceptors (Lipinski definition) is 8. The molecule has 0 atom stereocenters. The zero-order valence-electron chi connectivity index (χ0n) is 16.4. The Morgan fingerprint density at radius 3 is 2.83 bits per heavy atom. The van der Waals surface area contributed by atoms with Gasteiger partial charge in [-0.25, -0.2) is 15.0 Å². The van der Waals surface area contributed by atoms with Crippen LogP contribution in [0, 0.1) is 11.3 Å². The Labute approximate surface area is 173 Å². The van der Waals surface area contributed by atoms with Gasteiger partial charge in [0.2, 0.25) is 0 Å². The summed E-state index contributed by atoms with van der Waals surface area (Å²) in [5, 5.41) is 9.96. The van der Waals surface area contributed by atoms with Crippen LogP contribution in [0.15, 0.2) is 23.4 Å². The number of benzene rings is 1. The highest BCUT2D eigenvalue weighted by Gasteiger charge is 2.20. The molecule has 1 N–H and O–H groups in total. The number of aromatic amines is 1. The van der Waals surface area contributed by atoms with E-state index >= 15 is 0 Å². The van der Waals surface area contributed by atoms with E-state index in [0.29, 0.717) is 41.1 Å². The number of H-pyrrole nitrogens is 1. The maximum atomic E-state index is 9.29. The molecule has 150 valence electrons. The summed E-state index contributed by atoms with van der Waals surface area (Å²) in [5.41, 5.74) is 3.11. The number of nitriles is 1. The minimum atomic E-state index is 0.524. The zero-order valence-corrected chi connectivity index (χ0v) is 17.3. The van der Waals surface area contributed by atoms with Crippen LogP contribution in [0.25, 0.3) is 11.2 Å². The first-order chi connectivity index (χ1) is 14.2. The first-order valence-electron chi connectivity index (χ1n) is 9.51. The molecule has 0 saturated carbocycles. The molecule has 29 heavy (non-hydrogen) atoms. The normalized spacial score (nSPS) is 14.2. The second kappa shape index (κ2) is 8.68. The van der Waals surface area contributed by atoms with Crippen LogP contribution < -0.4 is 9.64 Å². The van der Waals surface area contributed by atoms with Crippen LogP contribution in [0.4, 0.5) is 5.82 Å². The number of rotatable bonds is 6. The third-order valence-corrected chi connectivity index (χ3v) is 5.68. The summed E-state index contributed by atoms with van der Waals surface area (Å²) >= 11 is 1.53. The number of fused-ring (bicyclic) bond motifs is 1. The Morgan fingerprint density at radius 1 is 1.28 bits per heavy atom. The topological polar surface area (TPSA) is 99.9 Å². The minimum absolute atomic E-state index is 0.524. The largest absolute Gasteiger partial charge is 0.495 e. The minimum Gasteiger partial charge on any atom is -0.495 e. The molecule has 9 heteroatoms. The number of aromatic nitrogens is 4. The number of methoxy groups -OCH3 is 1. The SMILES string of the molecule is CCc1nc2nc(SCc3ccc(OC)c(C#N)c3)nc(N3CCOCC3)c2[nH]1. The van der Waals surface area contributed by atoms with Crippen LogP contribution in [0.2, 0.25) is 0 Å². The lowest BCUT2D eigenvalue weighted by Crippen LogP contribution is -2.37. The highest BCUT2D eigenvalue weighted by atomic mass is 32.2. The summed E-state index contributed by atoms with van der Waals surface area (Å²) in [7, 11) is 1.56. The molecule has 1 aliphatic heterocycles. The number of nitrogens with zero attached hydrogens (tertiary/aromatic N) is 5. The number of anilines is 1. The van der Waals surface area contributed by atoms with E-state index in [0.717, 1.165) is 42.2 Å². The van der Waals surface area contributed by atoms with Crippen LogP contribution in [0.3, 0.4) is 0 Å². The second-order valence-corrected chi connectivity index (χ2v) is 7.54. The van der Waals surface area contributed by atoms with Crippen molar-refractivity contribution in [2.24, 2.45) is 0 Å². The zero-order chi connectivity index (χ0) is 20.2. The molecular formula is C20H22N6O2S. The fourth-order valence-corrected chi connectivity index (χ4v) is 4.00. The van der Waals surface area contributed by atoms with Gasteiger partial charge in [0.1, 0.15) is 23.2 Å². The summed E-state index contributed by atoms with van der Waals surface area (Å²) < 4.78 is 10.7. The van der Waals surface area contributed by atoms with Crippen molar-refractivity contribution < 1.29 is 9.47 Å². The van der Waals surface area contributed by atoms with Gasteiger partial charge in [-0.3, -0.25) is 0 Å². The van der Waals surface area contributed by atoms with E-state index in [9.17, 15) is 5.26 Å². The Bertz CT molecular complexity index is 1060. The molecule has 0 bridgehead atoms. The summed E-state index contributed by atoms with van der Waals surface area (Å²) in [4.78, 5) is 19.7. The van der Waals surface area contributed by atoms with Crippen LogP contribution in [-0.4, -0.2) is 53.3 Å². The average molecular weight is 411 g/mol. The van der Waals surface area contributed by atoms with E-state index in [2.05, 4.69) is 32.8 Å². The number of aryl methyl sites for hydroxylation is 1. The Balaban J connectivity index is 1.62. The fraction of sp³-hybridized carbons (Fsp3) is 0.400. The molecule has 1 aliphatic rings. The lowest BCUT2D eigenvalue weighted by Gasteiger charge is -2.28. The van der Waals surface area contributed by atoms with E-state index < -0.39 is 0 Å². The predicted molar refractivity (Wildman–Crippen MR) is 111 cm³/mol. The van der Waals surface area contributed by atoms with Crippen LogP contribution in [0.1, 0.15) is 23.9 Å². The van der Waals surface area contributed by atoms with E-state index in [1.807, 2.05) is 18.2 Å². The van der Waals surface area contributed by atoms with Crippen LogP contribution in [-0.2, 0) is 16.9 Å². The van der Waals surface area contributed by atoms with Crippen molar-refractivity contribution >= 4 is 28.7 Å². The highest BCUT2D eigenvalue weighted by Crippen LogP contribution is 2.29. The molecule has 0 spiro atoms. The molecule has 4 rings (SSSR count). The molecule has 0 amide bonds. The van der Waals surface area contributed by atoms with Gasteiger partial charge in [0.15, 0.2) is 16.6 Å². The van der Waals surface area contributed by atoms with E-state index in [1.165, 1.54) is 11.8 Å². The van der Waals surface area contributed by atoms with Crippen molar-refractivity contribution in [1.29, 1.82) is 5.26 Å². The molecule has 1 aromatic carbocycles. The maximum Gasteiger partial charge on any atom is 0.192 e. The van der Waals surface area contributed by atoms with Gasteiger partial charge >= 0.3 is 0 Å². The summed E-state index contributed by atoms with van der Waals surface area (Å²) in [5.74, 6) is 3.01. The summed E-state index contributed by atoms with van der Waals surface area (Å²) in [6, 6.07) is 7.79. The monoisotopic (exact) mass is 410 g/mol. The van der Waals surface area contributed by atoms with Crippen molar-refractivity contribution in [3.05, 3.63) is 35.2 Å². The van der Waals surface area contributed by atoms with Crippen molar-refractivity contribution in [2.75, 3.05) is 38.3 Å². The number of thioether (sulfide) groups is 1. The molecule has 0 unspecified atom stereocenters. The third kappa shape index (κ3) is 4.13. The lowest BCUT2D eigenvalue weighted by atomic mass is 10.1. The van der Waals surface area contributed by atoms with Gasteiger partial charge < -0.3 is 19.4 Å². The first-order valence-corrected chi connectivity index (χ1v) is 10.5. The highest BCUT2D eigenvalue weighted by molar-refractivity contribution is 7.98. The summed E-state index contributed by atoms with van der Waals surface area (Å²) in [6.07, 6.45) is 0.810. The standard InChI is InChI=1S/C20H22N6O2S/c1-3-16-22-17-18(23-16)24-20(25-19(17)26-6-8-28-9-7-26)29-12-13-4-5-15(27-2)14(10-13)11-21/h4-5,10H,3,6-9,12H2,1-2H3,(H,22,23,24,25). The Hall–Kier alpha value is -2.83. The molecule has 8 nitrogen and oxygen atoms in total. The number of morpholine rings is 1. The van der Waals surface area contributed by atoms with Gasteiger partial charge in [-0.1, -0.05) is 24.8 Å². The second-order valence-electron chi connectivity index (χ2n) is 6.60. The first kappa shape index (κ1) is 19.5. The van der Waals surface area contributed by atoms with Gasteiger partial charge in [-0.15, -0.1) is 0 Å². The Kier molecular flexibility index (Phi) is 5.83. The van der Waals surface area contributed by atoms with Gasteiger partial charge in [0.05, 0.1) is 25.9 Å². The number of hydrogen-bond donors (Lipinski definition) is 1. The van der Waals surface area contributed by atoms with Crippen LogP contribution >= 0.6 is 11.8 Å². The fourth-order valence-electron chi connectivity index (χ4n) is 3.23. The number of ether oxygens (including phenoxy) is 2.